The van der Waals surface area contributed by atoms with E-state index in [0.29, 0.717) is 11.6 Å². The van der Waals surface area contributed by atoms with Crippen LogP contribution in [0.3, 0.4) is 0 Å². The maximum absolute atomic E-state index is 13.4. The minimum atomic E-state index is -1.24. The highest BCUT2D eigenvalue weighted by molar-refractivity contribution is 8.14. The summed E-state index contributed by atoms with van der Waals surface area (Å²) in [6, 6.07) is 0. The highest BCUT2D eigenvalue weighted by Gasteiger charge is 2.37. The summed E-state index contributed by atoms with van der Waals surface area (Å²) in [7, 11) is 1.57. The van der Waals surface area contributed by atoms with Gasteiger partial charge < -0.3 is 15.6 Å². The van der Waals surface area contributed by atoms with E-state index in [1.54, 1.807) is 7.05 Å². The first-order chi connectivity index (χ1) is 7.08. The van der Waals surface area contributed by atoms with Crippen LogP contribution in [-0.4, -0.2) is 41.1 Å². The summed E-state index contributed by atoms with van der Waals surface area (Å²) < 4.78 is 18.9. The van der Waals surface area contributed by atoms with Gasteiger partial charge >= 0.3 is 0 Å². The minimum absolute atomic E-state index is 0.151. The van der Waals surface area contributed by atoms with Crippen molar-refractivity contribution in [2.24, 2.45) is 10.7 Å². The SMILES string of the molecule is CCC1OC(SC(N)=NC)CC(F)C1O. The van der Waals surface area contributed by atoms with Crippen molar-refractivity contribution in [2.75, 3.05) is 7.05 Å². The van der Waals surface area contributed by atoms with Crippen LogP contribution in [0.5, 0.6) is 0 Å². The Morgan fingerprint density at radius 2 is 2.40 bits per heavy atom. The third-order valence-electron chi connectivity index (χ3n) is 2.37. The largest absolute Gasteiger partial charge is 0.387 e. The van der Waals surface area contributed by atoms with E-state index in [0.717, 1.165) is 0 Å². The van der Waals surface area contributed by atoms with E-state index >= 15 is 0 Å². The molecule has 6 heteroatoms. The van der Waals surface area contributed by atoms with Gasteiger partial charge in [-0.25, -0.2) is 4.39 Å². The Labute approximate surface area is 93.1 Å². The molecule has 1 saturated heterocycles. The maximum Gasteiger partial charge on any atom is 0.156 e. The maximum atomic E-state index is 13.4. The lowest BCUT2D eigenvalue weighted by Gasteiger charge is -2.35. The molecule has 0 radical (unpaired) electrons. The molecular formula is C9H17FN2O2S. The Hall–Kier alpha value is -0.330. The lowest BCUT2D eigenvalue weighted by Crippen LogP contribution is -2.45. The standard InChI is InChI=1S/C9H17FN2O2S/c1-3-6-8(13)5(10)4-7(14-6)15-9(11)12-2/h5-8,13H,3-4H2,1-2H3,(H2,11,12). The fourth-order valence-electron chi connectivity index (χ4n) is 1.49. The van der Waals surface area contributed by atoms with Gasteiger partial charge in [0.2, 0.25) is 0 Å². The Bertz CT molecular complexity index is 240. The first kappa shape index (κ1) is 12.7. The predicted molar refractivity (Wildman–Crippen MR) is 59.6 cm³/mol. The van der Waals surface area contributed by atoms with Gasteiger partial charge in [0.15, 0.2) is 5.17 Å². The second-order valence-electron chi connectivity index (χ2n) is 3.43. The summed E-state index contributed by atoms with van der Waals surface area (Å²) >= 11 is 1.20. The molecule has 0 saturated carbocycles. The summed E-state index contributed by atoms with van der Waals surface area (Å²) in [6.45, 7) is 1.85. The molecule has 4 nitrogen and oxygen atoms in total. The van der Waals surface area contributed by atoms with Gasteiger partial charge in [0.1, 0.15) is 17.7 Å². The van der Waals surface area contributed by atoms with Crippen LogP contribution in [-0.2, 0) is 4.74 Å². The van der Waals surface area contributed by atoms with Crippen molar-refractivity contribution in [3.63, 3.8) is 0 Å². The molecule has 0 bridgehead atoms. The van der Waals surface area contributed by atoms with Crippen LogP contribution < -0.4 is 5.73 Å². The van der Waals surface area contributed by atoms with Crippen molar-refractivity contribution in [3.05, 3.63) is 0 Å². The molecule has 3 N–H and O–H groups in total. The number of hydrogen-bond acceptors (Lipinski definition) is 4. The lowest BCUT2D eigenvalue weighted by atomic mass is 10.0. The van der Waals surface area contributed by atoms with E-state index in [1.165, 1.54) is 11.8 Å². The highest BCUT2D eigenvalue weighted by atomic mass is 32.2. The number of hydrogen-bond donors (Lipinski definition) is 2. The summed E-state index contributed by atoms with van der Waals surface area (Å²) in [5, 5.41) is 9.85. The van der Waals surface area contributed by atoms with Gasteiger partial charge in [-0.1, -0.05) is 18.7 Å². The predicted octanol–water partition coefficient (Wildman–Crippen LogP) is 0.888. The highest BCUT2D eigenvalue weighted by Crippen LogP contribution is 2.30. The second-order valence-corrected chi connectivity index (χ2v) is 4.61. The molecule has 0 aliphatic carbocycles. The number of aliphatic hydroxyl groups is 1. The summed E-state index contributed by atoms with van der Waals surface area (Å²) in [5.74, 6) is 0. The average molecular weight is 236 g/mol. The van der Waals surface area contributed by atoms with Gasteiger partial charge in [0, 0.05) is 13.5 Å². The first-order valence-electron chi connectivity index (χ1n) is 4.95. The number of ether oxygens (including phenoxy) is 1. The molecule has 88 valence electrons. The number of rotatable bonds is 2. The van der Waals surface area contributed by atoms with Gasteiger partial charge in [-0.2, -0.15) is 0 Å². The molecule has 1 fully saturated rings. The van der Waals surface area contributed by atoms with Crippen LogP contribution in [0, 0.1) is 0 Å². The Morgan fingerprint density at radius 3 is 2.93 bits per heavy atom. The molecule has 1 aliphatic heterocycles. The molecule has 0 aromatic rings. The fourth-order valence-corrected chi connectivity index (χ4v) is 2.34. The lowest BCUT2D eigenvalue weighted by molar-refractivity contribution is -0.123. The number of halogens is 1. The smallest absolute Gasteiger partial charge is 0.156 e. The topological polar surface area (TPSA) is 67.8 Å². The molecule has 0 aromatic carbocycles. The van der Waals surface area contributed by atoms with Crippen molar-refractivity contribution in [1.82, 2.24) is 0 Å². The van der Waals surface area contributed by atoms with Crippen LogP contribution in [0.25, 0.3) is 0 Å². The van der Waals surface area contributed by atoms with Crippen molar-refractivity contribution in [1.29, 1.82) is 0 Å². The molecule has 1 aliphatic rings. The molecule has 4 unspecified atom stereocenters. The minimum Gasteiger partial charge on any atom is -0.387 e. The fraction of sp³-hybridized carbons (Fsp3) is 0.889. The number of amidine groups is 1. The van der Waals surface area contributed by atoms with Crippen LogP contribution in [0.4, 0.5) is 4.39 Å². The molecule has 1 rings (SSSR count). The van der Waals surface area contributed by atoms with Crippen LogP contribution in [0.2, 0.25) is 0 Å². The Kier molecular flexibility index (Phi) is 4.82. The third kappa shape index (κ3) is 3.32. The summed E-state index contributed by atoms with van der Waals surface area (Å²) in [6.07, 6.45) is -1.98. The van der Waals surface area contributed by atoms with Gasteiger partial charge in [-0.15, -0.1) is 0 Å². The van der Waals surface area contributed by atoms with Gasteiger partial charge in [-0.05, 0) is 6.42 Å². The number of aliphatic hydroxyl groups excluding tert-OH is 1. The van der Waals surface area contributed by atoms with E-state index in [9.17, 15) is 9.50 Å². The van der Waals surface area contributed by atoms with E-state index in [4.69, 9.17) is 10.5 Å². The van der Waals surface area contributed by atoms with Gasteiger partial charge in [-0.3, -0.25) is 4.99 Å². The van der Waals surface area contributed by atoms with Crippen molar-refractivity contribution in [2.45, 2.75) is 43.6 Å². The van der Waals surface area contributed by atoms with Crippen molar-refractivity contribution in [3.8, 4) is 0 Å². The number of nitrogens with zero attached hydrogens (tertiary/aromatic N) is 1. The Morgan fingerprint density at radius 1 is 1.73 bits per heavy atom. The first-order valence-corrected chi connectivity index (χ1v) is 5.83. The molecule has 0 amide bonds. The number of alkyl halides is 1. The summed E-state index contributed by atoms with van der Waals surface area (Å²) in [4.78, 5) is 3.77. The molecule has 15 heavy (non-hydrogen) atoms. The van der Waals surface area contributed by atoms with E-state index in [2.05, 4.69) is 4.99 Å². The molecular weight excluding hydrogens is 219 g/mol. The zero-order valence-corrected chi connectivity index (χ0v) is 9.71. The zero-order valence-electron chi connectivity index (χ0n) is 8.89. The number of nitrogens with two attached hydrogens (primary N) is 1. The zero-order chi connectivity index (χ0) is 11.4. The van der Waals surface area contributed by atoms with Crippen molar-refractivity contribution < 1.29 is 14.2 Å². The third-order valence-corrected chi connectivity index (χ3v) is 3.36. The normalized spacial score (nSPS) is 38.0. The quantitative estimate of drug-likeness (QED) is 0.552. The summed E-state index contributed by atoms with van der Waals surface area (Å²) in [5.41, 5.74) is 5.17. The van der Waals surface area contributed by atoms with Crippen LogP contribution >= 0.6 is 11.8 Å². The second kappa shape index (κ2) is 5.67. The van der Waals surface area contributed by atoms with Crippen LogP contribution in [0.15, 0.2) is 4.99 Å². The molecule has 0 aromatic heterocycles. The molecule has 0 spiro atoms. The average Bonchev–Trinajstić information content (AvgIpc) is 2.22. The number of thioether (sulfide) groups is 1. The van der Waals surface area contributed by atoms with E-state index < -0.39 is 18.4 Å². The molecule has 4 atom stereocenters. The monoisotopic (exact) mass is 236 g/mol. The van der Waals surface area contributed by atoms with Gasteiger partial charge in [0.05, 0.1) is 6.10 Å². The number of aliphatic imine (C=N–C) groups is 1. The van der Waals surface area contributed by atoms with Crippen LogP contribution in [0.1, 0.15) is 19.8 Å². The Balaban J connectivity index is 2.55. The van der Waals surface area contributed by atoms with Gasteiger partial charge in [0.25, 0.3) is 0 Å². The van der Waals surface area contributed by atoms with Crippen molar-refractivity contribution >= 4 is 16.9 Å². The molecule has 1 heterocycles. The van der Waals surface area contributed by atoms with E-state index in [1.807, 2.05) is 6.92 Å². The van der Waals surface area contributed by atoms with E-state index in [-0.39, 0.29) is 11.9 Å².